The van der Waals surface area contributed by atoms with Crippen LogP contribution in [0, 0.1) is 11.3 Å². The summed E-state index contributed by atoms with van der Waals surface area (Å²) in [6.07, 6.45) is 7.79. The first kappa shape index (κ1) is 11.1. The topological polar surface area (TPSA) is 33.4 Å². The van der Waals surface area contributed by atoms with Gasteiger partial charge in [-0.15, -0.1) is 0 Å². The Morgan fingerprint density at radius 2 is 2.12 bits per heavy atom. The molecule has 17 heavy (non-hydrogen) atoms. The monoisotopic (exact) mass is 232 g/mol. The minimum absolute atomic E-state index is 0.0557. The summed E-state index contributed by atoms with van der Waals surface area (Å²) in [7, 11) is 0. The first-order valence-electron chi connectivity index (χ1n) is 6.39. The van der Waals surface area contributed by atoms with Gasteiger partial charge < -0.3 is 9.52 Å². The van der Waals surface area contributed by atoms with E-state index in [4.69, 9.17) is 4.42 Å². The average Bonchev–Trinajstić information content (AvgIpc) is 2.71. The summed E-state index contributed by atoms with van der Waals surface area (Å²) in [5, 5.41) is 10.3. The van der Waals surface area contributed by atoms with Crippen molar-refractivity contribution in [1.82, 2.24) is 0 Å². The van der Waals surface area contributed by atoms with Crippen LogP contribution < -0.4 is 0 Å². The molecular weight excluding hydrogens is 212 g/mol. The van der Waals surface area contributed by atoms with Gasteiger partial charge in [-0.1, -0.05) is 26.0 Å². The fraction of sp³-hybridized carbons (Fsp3) is 0.600. The van der Waals surface area contributed by atoms with Gasteiger partial charge in [-0.05, 0) is 37.2 Å². The number of fused-ring (bicyclic) bond motifs is 3. The summed E-state index contributed by atoms with van der Waals surface area (Å²) >= 11 is 0. The molecule has 1 heterocycles. The Balaban J connectivity index is 2.19. The number of allylic oxidation sites excluding steroid dienone is 2. The zero-order valence-electron chi connectivity index (χ0n) is 10.7. The van der Waals surface area contributed by atoms with Crippen molar-refractivity contribution in [2.24, 2.45) is 11.3 Å². The maximum Gasteiger partial charge on any atom is 0.119 e. The molecule has 92 valence electrons. The lowest BCUT2D eigenvalue weighted by atomic mass is 9.54. The summed E-state index contributed by atoms with van der Waals surface area (Å²) in [6, 6.07) is 1.91. The van der Waals surface area contributed by atoms with E-state index in [-0.39, 0.29) is 16.9 Å². The van der Waals surface area contributed by atoms with E-state index in [0.29, 0.717) is 5.92 Å². The molecule has 2 heteroatoms. The minimum atomic E-state index is -0.368. The van der Waals surface area contributed by atoms with Gasteiger partial charge in [0, 0.05) is 11.0 Å². The molecule has 0 unspecified atom stereocenters. The zero-order valence-corrected chi connectivity index (χ0v) is 10.7. The van der Waals surface area contributed by atoms with E-state index in [1.807, 2.05) is 6.07 Å². The Labute approximate surface area is 102 Å². The highest BCUT2D eigenvalue weighted by Gasteiger charge is 2.51. The highest BCUT2D eigenvalue weighted by Crippen LogP contribution is 2.56. The molecule has 1 aromatic rings. The molecule has 1 N–H and O–H groups in total. The van der Waals surface area contributed by atoms with Gasteiger partial charge in [-0.3, -0.25) is 0 Å². The van der Waals surface area contributed by atoms with E-state index in [0.717, 1.165) is 24.2 Å². The fourth-order valence-electron chi connectivity index (χ4n) is 3.85. The van der Waals surface area contributed by atoms with E-state index >= 15 is 0 Å². The highest BCUT2D eigenvalue weighted by molar-refractivity contribution is 5.38. The summed E-state index contributed by atoms with van der Waals surface area (Å²) in [5.41, 5.74) is 1.14. The Kier molecular flexibility index (Phi) is 2.13. The van der Waals surface area contributed by atoms with Gasteiger partial charge in [0.1, 0.15) is 5.76 Å². The van der Waals surface area contributed by atoms with Crippen LogP contribution in [0.4, 0.5) is 0 Å². The third-order valence-electron chi connectivity index (χ3n) is 4.78. The smallest absolute Gasteiger partial charge is 0.119 e. The van der Waals surface area contributed by atoms with E-state index in [9.17, 15) is 5.11 Å². The number of rotatable bonds is 0. The molecular formula is C15H20O2. The number of furan rings is 1. The molecule has 0 spiro atoms. The Morgan fingerprint density at radius 3 is 2.88 bits per heavy atom. The Morgan fingerprint density at radius 1 is 1.35 bits per heavy atom. The maximum absolute atomic E-state index is 10.3. The van der Waals surface area contributed by atoms with Crippen LogP contribution in [-0.4, -0.2) is 5.11 Å². The first-order valence-corrected chi connectivity index (χ1v) is 6.39. The number of hydrogen-bond donors (Lipinski definition) is 1. The molecule has 2 aliphatic rings. The lowest BCUT2D eigenvalue weighted by Crippen LogP contribution is -2.46. The van der Waals surface area contributed by atoms with E-state index < -0.39 is 0 Å². The molecule has 2 nitrogen and oxygen atoms in total. The van der Waals surface area contributed by atoms with Gasteiger partial charge in [0.05, 0.1) is 12.4 Å². The second-order valence-electron chi connectivity index (χ2n) is 6.39. The number of hydrogen-bond acceptors (Lipinski definition) is 2. The van der Waals surface area contributed by atoms with Gasteiger partial charge in [-0.2, -0.15) is 0 Å². The molecule has 0 aromatic carbocycles. The molecule has 0 saturated heterocycles. The molecule has 3 rings (SSSR count). The van der Waals surface area contributed by atoms with Crippen molar-refractivity contribution in [2.45, 2.75) is 45.1 Å². The molecule has 1 aromatic heterocycles. The van der Waals surface area contributed by atoms with Crippen molar-refractivity contribution in [3.8, 4) is 0 Å². The molecule has 0 amide bonds. The van der Waals surface area contributed by atoms with Gasteiger partial charge in [0.15, 0.2) is 0 Å². The minimum Gasteiger partial charge on any atom is -0.468 e. The standard InChI is InChI=1S/C15H20O2/c1-14(2)6-4-7-15(3)12(14)9-11(16)10-5-8-17-13(10)15/h4-5,7-8,11-12,16H,6,9H2,1-3H3/t11-,12+,15-/m0/s1. The molecule has 0 saturated carbocycles. The van der Waals surface area contributed by atoms with Crippen molar-refractivity contribution < 1.29 is 9.52 Å². The van der Waals surface area contributed by atoms with Crippen LogP contribution in [-0.2, 0) is 5.41 Å². The van der Waals surface area contributed by atoms with Crippen LogP contribution in [0.3, 0.4) is 0 Å². The van der Waals surface area contributed by atoms with Crippen LogP contribution >= 0.6 is 0 Å². The van der Waals surface area contributed by atoms with Crippen LogP contribution in [0.1, 0.15) is 51.0 Å². The van der Waals surface area contributed by atoms with Crippen molar-refractivity contribution in [2.75, 3.05) is 0 Å². The largest absolute Gasteiger partial charge is 0.468 e. The predicted octanol–water partition coefficient (Wildman–Crippen LogP) is 3.58. The van der Waals surface area contributed by atoms with Crippen molar-refractivity contribution >= 4 is 0 Å². The highest BCUT2D eigenvalue weighted by atomic mass is 16.3. The third-order valence-corrected chi connectivity index (χ3v) is 4.78. The summed E-state index contributed by atoms with van der Waals surface area (Å²) < 4.78 is 5.68. The van der Waals surface area contributed by atoms with E-state index in [2.05, 4.69) is 32.9 Å². The maximum atomic E-state index is 10.3. The van der Waals surface area contributed by atoms with Crippen LogP contribution in [0.15, 0.2) is 28.9 Å². The van der Waals surface area contributed by atoms with Gasteiger partial charge in [0.2, 0.25) is 0 Å². The molecule has 2 aliphatic carbocycles. The Hall–Kier alpha value is -1.02. The lowest BCUT2D eigenvalue weighted by Gasteiger charge is -2.50. The predicted molar refractivity (Wildman–Crippen MR) is 66.7 cm³/mol. The first-order chi connectivity index (χ1) is 7.95. The van der Waals surface area contributed by atoms with E-state index in [1.54, 1.807) is 6.26 Å². The molecule has 0 aliphatic heterocycles. The van der Waals surface area contributed by atoms with Gasteiger partial charge in [-0.25, -0.2) is 0 Å². The van der Waals surface area contributed by atoms with Crippen molar-refractivity contribution in [3.63, 3.8) is 0 Å². The normalized spacial score (nSPS) is 38.6. The van der Waals surface area contributed by atoms with Gasteiger partial charge in [0.25, 0.3) is 0 Å². The summed E-state index contributed by atoms with van der Waals surface area (Å²) in [6.45, 7) is 6.82. The fourth-order valence-corrected chi connectivity index (χ4v) is 3.85. The SMILES string of the molecule is CC1(C)CC=C[C@]2(C)c3occc3[C@@H](O)C[C@H]12. The quantitative estimate of drug-likeness (QED) is 0.694. The van der Waals surface area contributed by atoms with Crippen LogP contribution in [0.2, 0.25) is 0 Å². The molecule has 0 bridgehead atoms. The lowest BCUT2D eigenvalue weighted by molar-refractivity contribution is 0.0290. The molecule has 0 radical (unpaired) electrons. The Bertz CT molecular complexity index is 469. The van der Waals surface area contributed by atoms with Crippen LogP contribution in [0.5, 0.6) is 0 Å². The second kappa shape index (κ2) is 3.26. The van der Waals surface area contributed by atoms with Crippen molar-refractivity contribution in [1.29, 1.82) is 0 Å². The number of aliphatic hydroxyl groups is 1. The summed E-state index contributed by atoms with van der Waals surface area (Å²) in [4.78, 5) is 0. The zero-order chi connectivity index (χ0) is 12.3. The van der Waals surface area contributed by atoms with E-state index in [1.165, 1.54) is 0 Å². The summed E-state index contributed by atoms with van der Waals surface area (Å²) in [5.74, 6) is 1.40. The number of aliphatic hydroxyl groups excluding tert-OH is 1. The van der Waals surface area contributed by atoms with Gasteiger partial charge >= 0.3 is 0 Å². The average molecular weight is 232 g/mol. The molecule has 0 fully saturated rings. The molecule has 3 atom stereocenters. The third kappa shape index (κ3) is 1.37. The van der Waals surface area contributed by atoms with Crippen LogP contribution in [0.25, 0.3) is 0 Å². The second-order valence-corrected chi connectivity index (χ2v) is 6.39. The van der Waals surface area contributed by atoms with Crippen molar-refractivity contribution in [3.05, 3.63) is 35.8 Å².